The van der Waals surface area contributed by atoms with E-state index in [9.17, 15) is 0 Å². The van der Waals surface area contributed by atoms with Gasteiger partial charge in [-0.15, -0.1) is 0 Å². The van der Waals surface area contributed by atoms with E-state index in [2.05, 4.69) is 193 Å². The first kappa shape index (κ1) is 30.8. The van der Waals surface area contributed by atoms with Gasteiger partial charge in [0.1, 0.15) is 11.2 Å². The van der Waals surface area contributed by atoms with Gasteiger partial charge in [0.05, 0.1) is 11.0 Å². The minimum Gasteiger partial charge on any atom is -0.456 e. The van der Waals surface area contributed by atoms with Gasteiger partial charge < -0.3 is 13.9 Å². The molecule has 0 spiro atoms. The molecule has 11 rings (SSSR count). The van der Waals surface area contributed by atoms with Crippen LogP contribution in [0.2, 0.25) is 0 Å². The van der Waals surface area contributed by atoms with Crippen LogP contribution in [0.15, 0.2) is 186 Å². The molecule has 3 nitrogen and oxygen atoms in total. The third-order valence-corrected chi connectivity index (χ3v) is 11.6. The maximum atomic E-state index is 6.20. The molecule has 256 valence electrons. The summed E-state index contributed by atoms with van der Waals surface area (Å²) in [6.45, 7) is 4.75. The second-order valence-corrected chi connectivity index (χ2v) is 15.0. The van der Waals surface area contributed by atoms with Crippen molar-refractivity contribution in [3.05, 3.63) is 193 Å². The molecule has 1 aliphatic rings. The molecule has 2 heterocycles. The highest BCUT2D eigenvalue weighted by Gasteiger charge is 2.36. The molecule has 3 heteroatoms. The fraction of sp³-hybridized carbons (Fsp3) is 0.0588. The maximum absolute atomic E-state index is 6.20. The zero-order valence-electron chi connectivity index (χ0n) is 30.1. The highest BCUT2D eigenvalue weighted by molar-refractivity contribution is 6.11. The molecule has 10 aromatic rings. The molecule has 0 N–H and O–H groups in total. The number of hydrogen-bond acceptors (Lipinski definition) is 2. The molecule has 1 aliphatic carbocycles. The van der Waals surface area contributed by atoms with Crippen molar-refractivity contribution in [2.45, 2.75) is 19.3 Å². The van der Waals surface area contributed by atoms with E-state index < -0.39 is 0 Å². The molecule has 0 radical (unpaired) electrons. The number of nitrogens with zero attached hydrogens (tertiary/aromatic N) is 2. The van der Waals surface area contributed by atoms with Gasteiger partial charge in [-0.3, -0.25) is 0 Å². The van der Waals surface area contributed by atoms with Crippen molar-refractivity contribution < 1.29 is 4.42 Å². The zero-order valence-corrected chi connectivity index (χ0v) is 30.1. The van der Waals surface area contributed by atoms with E-state index in [1.54, 1.807) is 0 Å². The number of furan rings is 1. The van der Waals surface area contributed by atoms with Crippen LogP contribution in [0.3, 0.4) is 0 Å². The van der Waals surface area contributed by atoms with E-state index in [1.807, 2.05) is 12.1 Å². The van der Waals surface area contributed by atoms with E-state index >= 15 is 0 Å². The summed E-state index contributed by atoms with van der Waals surface area (Å²) in [5.41, 5.74) is 16.3. The van der Waals surface area contributed by atoms with E-state index in [1.165, 1.54) is 60.9 Å². The Bertz CT molecular complexity index is 3080. The summed E-state index contributed by atoms with van der Waals surface area (Å²) >= 11 is 0. The van der Waals surface area contributed by atoms with Gasteiger partial charge in [0.2, 0.25) is 0 Å². The van der Waals surface area contributed by atoms with Crippen molar-refractivity contribution in [1.29, 1.82) is 0 Å². The van der Waals surface area contributed by atoms with Gasteiger partial charge in [-0.2, -0.15) is 0 Å². The summed E-state index contributed by atoms with van der Waals surface area (Å²) in [6.07, 6.45) is 0. The molecule has 54 heavy (non-hydrogen) atoms. The molecule has 0 saturated heterocycles. The fourth-order valence-electron chi connectivity index (χ4n) is 8.93. The third-order valence-electron chi connectivity index (χ3n) is 11.6. The van der Waals surface area contributed by atoms with Crippen LogP contribution >= 0.6 is 0 Å². The summed E-state index contributed by atoms with van der Waals surface area (Å²) in [4.78, 5) is 2.37. The van der Waals surface area contributed by atoms with Crippen LogP contribution < -0.4 is 4.90 Å². The Morgan fingerprint density at radius 2 is 1.02 bits per heavy atom. The quantitative estimate of drug-likeness (QED) is 0.179. The number of rotatable bonds is 5. The maximum Gasteiger partial charge on any atom is 0.135 e. The molecule has 8 aromatic carbocycles. The van der Waals surface area contributed by atoms with Crippen LogP contribution in [-0.2, 0) is 5.41 Å². The Labute approximate surface area is 314 Å². The van der Waals surface area contributed by atoms with E-state index in [0.717, 1.165) is 39.0 Å². The minimum atomic E-state index is -0.197. The van der Waals surface area contributed by atoms with Gasteiger partial charge in [-0.25, -0.2) is 0 Å². The monoisotopic (exact) mass is 692 g/mol. The standard InChI is InChI=1S/C51H36N2O/c1-51(2)45-30-34(33-22-27-48-43(29-33)41-17-9-11-19-47(41)53(48)36-15-7-4-8-16-36)21-25-39(45)40-26-23-38(32-46(40)51)52(35-13-5-3-6-14-35)37-24-28-50-44(31-37)42-18-10-12-20-49(42)54-50/h3-32H,1-2H3. The number of fused-ring (bicyclic) bond motifs is 9. The number of benzene rings is 8. The molecule has 0 unspecified atom stereocenters. The molecule has 0 atom stereocenters. The number of hydrogen-bond donors (Lipinski definition) is 0. The van der Waals surface area contributed by atoms with Gasteiger partial charge in [0.15, 0.2) is 0 Å². The molecular weight excluding hydrogens is 657 g/mol. The molecule has 0 bridgehead atoms. The second kappa shape index (κ2) is 11.6. The summed E-state index contributed by atoms with van der Waals surface area (Å²) in [5.74, 6) is 0. The normalized spacial score (nSPS) is 13.1. The second-order valence-electron chi connectivity index (χ2n) is 15.0. The molecule has 0 saturated carbocycles. The van der Waals surface area contributed by atoms with Gasteiger partial charge >= 0.3 is 0 Å². The van der Waals surface area contributed by atoms with Crippen LogP contribution in [0.25, 0.3) is 71.7 Å². The van der Waals surface area contributed by atoms with Crippen LogP contribution in [0.1, 0.15) is 25.0 Å². The van der Waals surface area contributed by atoms with Crippen LogP contribution in [0, 0.1) is 0 Å². The van der Waals surface area contributed by atoms with E-state index in [-0.39, 0.29) is 5.41 Å². The Morgan fingerprint density at radius 1 is 0.426 bits per heavy atom. The number of anilines is 3. The smallest absolute Gasteiger partial charge is 0.135 e. The average Bonchev–Trinajstić information content (AvgIpc) is 3.83. The largest absolute Gasteiger partial charge is 0.456 e. The van der Waals surface area contributed by atoms with E-state index in [4.69, 9.17) is 4.42 Å². The fourth-order valence-corrected chi connectivity index (χ4v) is 8.93. The highest BCUT2D eigenvalue weighted by Crippen LogP contribution is 2.52. The summed E-state index contributed by atoms with van der Waals surface area (Å²) in [6, 6.07) is 65.9. The van der Waals surface area contributed by atoms with Crippen molar-refractivity contribution in [2.24, 2.45) is 0 Å². The lowest BCUT2D eigenvalue weighted by atomic mass is 9.81. The number of para-hydroxylation sites is 4. The van der Waals surface area contributed by atoms with Crippen LogP contribution in [0.4, 0.5) is 17.1 Å². The van der Waals surface area contributed by atoms with Gasteiger partial charge in [-0.05, 0) is 118 Å². The topological polar surface area (TPSA) is 21.3 Å². The molecule has 0 amide bonds. The van der Waals surface area contributed by atoms with Crippen molar-refractivity contribution in [3.8, 4) is 27.9 Å². The first-order chi connectivity index (χ1) is 26.5. The SMILES string of the molecule is CC1(C)c2cc(-c3ccc4c(c3)c3ccccc3n4-c3ccccc3)ccc2-c2ccc(N(c3ccccc3)c3ccc4oc5ccccc5c4c3)cc21. The first-order valence-corrected chi connectivity index (χ1v) is 18.7. The van der Waals surface area contributed by atoms with Crippen LogP contribution in [0.5, 0.6) is 0 Å². The van der Waals surface area contributed by atoms with Gasteiger partial charge in [0, 0.05) is 49.7 Å². The van der Waals surface area contributed by atoms with Crippen LogP contribution in [-0.4, -0.2) is 4.57 Å². The first-order valence-electron chi connectivity index (χ1n) is 18.7. The molecular formula is C51H36N2O. The van der Waals surface area contributed by atoms with Crippen molar-refractivity contribution >= 4 is 60.8 Å². The number of aromatic nitrogens is 1. The van der Waals surface area contributed by atoms with E-state index in [0.29, 0.717) is 0 Å². The van der Waals surface area contributed by atoms with Gasteiger partial charge in [0.25, 0.3) is 0 Å². The van der Waals surface area contributed by atoms with Crippen molar-refractivity contribution in [2.75, 3.05) is 4.90 Å². The Kier molecular flexibility index (Phi) is 6.60. The Hall–Kier alpha value is -6.84. The molecule has 0 fully saturated rings. The summed E-state index contributed by atoms with van der Waals surface area (Å²) < 4.78 is 8.58. The summed E-state index contributed by atoms with van der Waals surface area (Å²) in [5, 5.41) is 4.78. The lowest BCUT2D eigenvalue weighted by Crippen LogP contribution is -2.16. The van der Waals surface area contributed by atoms with Gasteiger partial charge in [-0.1, -0.05) is 111 Å². The van der Waals surface area contributed by atoms with Crippen molar-refractivity contribution in [3.63, 3.8) is 0 Å². The predicted molar refractivity (Wildman–Crippen MR) is 226 cm³/mol. The molecule has 2 aromatic heterocycles. The average molecular weight is 693 g/mol. The molecule has 0 aliphatic heterocycles. The predicted octanol–water partition coefficient (Wildman–Crippen LogP) is 14.1. The Morgan fingerprint density at radius 3 is 1.85 bits per heavy atom. The lowest BCUT2D eigenvalue weighted by molar-refractivity contribution is 0.660. The summed E-state index contributed by atoms with van der Waals surface area (Å²) in [7, 11) is 0. The Balaban J connectivity index is 1.01. The highest BCUT2D eigenvalue weighted by atomic mass is 16.3. The van der Waals surface area contributed by atoms with Crippen molar-refractivity contribution in [1.82, 2.24) is 4.57 Å². The lowest BCUT2D eigenvalue weighted by Gasteiger charge is -2.28. The third kappa shape index (κ3) is 4.55. The zero-order chi connectivity index (χ0) is 36.0. The minimum absolute atomic E-state index is 0.197.